The van der Waals surface area contributed by atoms with E-state index in [9.17, 15) is 9.59 Å². The summed E-state index contributed by atoms with van der Waals surface area (Å²) in [6.45, 7) is 7.43. The van der Waals surface area contributed by atoms with Crippen LogP contribution in [0.25, 0.3) is 11.3 Å². The first-order valence-corrected chi connectivity index (χ1v) is 15.1. The molecule has 0 aliphatic carbocycles. The third-order valence-corrected chi connectivity index (χ3v) is 6.67. The number of carbonyl (C=O) groups is 2. The van der Waals surface area contributed by atoms with E-state index in [0.717, 1.165) is 16.0 Å². The van der Waals surface area contributed by atoms with Gasteiger partial charge in [-0.3, -0.25) is 9.52 Å². The molecular weight excluding hydrogens is 584 g/mol. The first-order chi connectivity index (χ1) is 21.1. The second kappa shape index (κ2) is 17.5. The van der Waals surface area contributed by atoms with Crippen LogP contribution in [0, 0.1) is 0 Å². The van der Waals surface area contributed by atoms with Crippen molar-refractivity contribution in [1.29, 1.82) is 0 Å². The topological polar surface area (TPSA) is 161 Å². The largest absolute Gasteiger partial charge is 0.444 e. The van der Waals surface area contributed by atoms with Crippen LogP contribution in [0.15, 0.2) is 59.6 Å². The van der Waals surface area contributed by atoms with Crippen molar-refractivity contribution in [2.75, 3.05) is 57.6 Å². The lowest BCUT2D eigenvalue weighted by Gasteiger charge is -2.27. The lowest BCUT2D eigenvalue weighted by molar-refractivity contribution is 0.00837. The number of aliphatic hydroxyl groups is 1. The second-order valence-electron chi connectivity index (χ2n) is 10.7. The van der Waals surface area contributed by atoms with Crippen LogP contribution >= 0.6 is 11.9 Å². The number of nitrogens with one attached hydrogen (secondary N) is 2. The lowest BCUT2D eigenvalue weighted by Crippen LogP contribution is -2.39. The zero-order valence-corrected chi connectivity index (χ0v) is 26.5. The Balaban J connectivity index is 1.46. The standard InChI is InChI=1S/C31H42N6O6S/c1-31(2,3)43-30(40)37(13-6-15-38)14-16-41-17-18-42-21-22-7-5-8-24(19-22)35-29(39)27-28(32)34-20-26(36-27)23-9-11-25(12-10-23)44-33-4/h5,7-12,19-20,33,38H,6,13-18,21H2,1-4H3,(H2,32,34)(H,35,39). The number of nitrogen functional groups attached to an aromatic ring is 1. The minimum Gasteiger partial charge on any atom is -0.444 e. The molecule has 0 bridgehead atoms. The van der Waals surface area contributed by atoms with E-state index in [1.807, 2.05) is 70.3 Å². The van der Waals surface area contributed by atoms with Gasteiger partial charge in [-0.05, 0) is 76.0 Å². The number of hydrogen-bond donors (Lipinski definition) is 4. The van der Waals surface area contributed by atoms with Crippen LogP contribution in [0.2, 0.25) is 0 Å². The van der Waals surface area contributed by atoms with Gasteiger partial charge in [-0.1, -0.05) is 24.3 Å². The van der Waals surface area contributed by atoms with Crippen LogP contribution in [-0.4, -0.2) is 84.1 Å². The Morgan fingerprint density at radius 2 is 1.80 bits per heavy atom. The summed E-state index contributed by atoms with van der Waals surface area (Å²) in [5, 5.41) is 12.0. The van der Waals surface area contributed by atoms with Gasteiger partial charge >= 0.3 is 6.09 Å². The Bertz CT molecular complexity index is 1350. The van der Waals surface area contributed by atoms with Crippen LogP contribution in [0.4, 0.5) is 16.3 Å². The summed E-state index contributed by atoms with van der Waals surface area (Å²) in [5.74, 6) is -0.430. The molecular formula is C31H42N6O6S. The fraction of sp³-hybridized carbons (Fsp3) is 0.419. The molecule has 238 valence electrons. The van der Waals surface area contributed by atoms with E-state index >= 15 is 0 Å². The number of rotatable bonds is 16. The Morgan fingerprint density at radius 3 is 2.50 bits per heavy atom. The van der Waals surface area contributed by atoms with E-state index in [-0.39, 0.29) is 18.1 Å². The average molecular weight is 627 g/mol. The highest BCUT2D eigenvalue weighted by atomic mass is 32.2. The van der Waals surface area contributed by atoms with Gasteiger partial charge in [-0.25, -0.2) is 14.8 Å². The number of ether oxygens (including phenoxy) is 3. The molecule has 0 saturated carbocycles. The van der Waals surface area contributed by atoms with Gasteiger partial charge in [0, 0.05) is 35.8 Å². The molecule has 0 spiro atoms. The number of amides is 2. The van der Waals surface area contributed by atoms with E-state index in [2.05, 4.69) is 20.0 Å². The molecule has 0 radical (unpaired) electrons. The smallest absolute Gasteiger partial charge is 0.410 e. The summed E-state index contributed by atoms with van der Waals surface area (Å²) >= 11 is 1.50. The number of nitrogens with two attached hydrogens (primary N) is 1. The molecule has 0 unspecified atom stereocenters. The van der Waals surface area contributed by atoms with Gasteiger partial charge in [0.2, 0.25) is 0 Å². The summed E-state index contributed by atoms with van der Waals surface area (Å²) < 4.78 is 19.8. The van der Waals surface area contributed by atoms with Crippen LogP contribution in [0.3, 0.4) is 0 Å². The van der Waals surface area contributed by atoms with Crippen LogP contribution in [-0.2, 0) is 20.8 Å². The number of aliphatic hydroxyl groups excluding tert-OH is 1. The van der Waals surface area contributed by atoms with Gasteiger partial charge in [-0.2, -0.15) is 0 Å². The third-order valence-electron chi connectivity index (χ3n) is 5.95. The molecule has 2 aromatic carbocycles. The van der Waals surface area contributed by atoms with Crippen molar-refractivity contribution in [3.8, 4) is 11.3 Å². The molecule has 3 rings (SSSR count). The van der Waals surface area contributed by atoms with E-state index in [1.54, 1.807) is 12.3 Å². The predicted molar refractivity (Wildman–Crippen MR) is 171 cm³/mol. The molecule has 44 heavy (non-hydrogen) atoms. The SMILES string of the molecule is CNSc1ccc(-c2cnc(N)c(C(=O)Nc3cccc(COCCOCCN(CCCO)C(=O)OC(C)(C)C)c3)n2)cc1. The Kier molecular flexibility index (Phi) is 13.8. The maximum Gasteiger partial charge on any atom is 0.410 e. The fourth-order valence-corrected chi connectivity index (χ4v) is 4.42. The molecule has 12 nitrogen and oxygen atoms in total. The minimum atomic E-state index is -0.602. The molecule has 0 saturated heterocycles. The summed E-state index contributed by atoms with van der Waals surface area (Å²) in [6.07, 6.45) is 1.57. The molecule has 2 amide bonds. The molecule has 13 heteroatoms. The maximum atomic E-state index is 13.0. The summed E-state index contributed by atoms with van der Waals surface area (Å²) in [6, 6.07) is 15.0. The molecule has 0 aliphatic heterocycles. The van der Waals surface area contributed by atoms with E-state index in [1.165, 1.54) is 16.8 Å². The number of anilines is 2. The van der Waals surface area contributed by atoms with Crippen molar-refractivity contribution in [2.24, 2.45) is 0 Å². The zero-order valence-electron chi connectivity index (χ0n) is 25.7. The van der Waals surface area contributed by atoms with Gasteiger partial charge < -0.3 is 35.3 Å². The molecule has 0 fully saturated rings. The Morgan fingerprint density at radius 1 is 1.05 bits per heavy atom. The highest BCUT2D eigenvalue weighted by molar-refractivity contribution is 7.97. The second-order valence-corrected chi connectivity index (χ2v) is 11.8. The first kappa shape index (κ1) is 34.7. The zero-order chi connectivity index (χ0) is 32.0. The lowest BCUT2D eigenvalue weighted by atomic mass is 10.1. The Labute approximate surface area is 262 Å². The van der Waals surface area contributed by atoms with E-state index in [0.29, 0.717) is 57.3 Å². The summed E-state index contributed by atoms with van der Waals surface area (Å²) in [5.41, 5.74) is 8.21. The summed E-state index contributed by atoms with van der Waals surface area (Å²) in [7, 11) is 1.85. The first-order valence-electron chi connectivity index (χ1n) is 14.3. The highest BCUT2D eigenvalue weighted by Gasteiger charge is 2.21. The van der Waals surface area contributed by atoms with Crippen LogP contribution in [0.1, 0.15) is 43.2 Å². The number of aromatic nitrogens is 2. The van der Waals surface area contributed by atoms with Crippen molar-refractivity contribution in [3.05, 3.63) is 66.0 Å². The minimum absolute atomic E-state index is 0.0137. The molecule has 1 aromatic heterocycles. The van der Waals surface area contributed by atoms with Gasteiger partial charge in [-0.15, -0.1) is 0 Å². The molecule has 0 atom stereocenters. The van der Waals surface area contributed by atoms with Crippen molar-refractivity contribution in [1.82, 2.24) is 19.6 Å². The average Bonchev–Trinajstić information content (AvgIpc) is 2.98. The van der Waals surface area contributed by atoms with Crippen LogP contribution in [0.5, 0.6) is 0 Å². The highest BCUT2D eigenvalue weighted by Crippen LogP contribution is 2.23. The molecule has 5 N–H and O–H groups in total. The molecule has 1 heterocycles. The van der Waals surface area contributed by atoms with Crippen molar-refractivity contribution < 1.29 is 28.9 Å². The van der Waals surface area contributed by atoms with Crippen molar-refractivity contribution >= 4 is 35.5 Å². The number of nitrogens with zero attached hydrogens (tertiary/aromatic N) is 3. The van der Waals surface area contributed by atoms with E-state index < -0.39 is 17.6 Å². The molecule has 0 aliphatic rings. The predicted octanol–water partition coefficient (Wildman–Crippen LogP) is 4.36. The molecule has 3 aromatic rings. The fourth-order valence-electron chi connectivity index (χ4n) is 3.91. The summed E-state index contributed by atoms with van der Waals surface area (Å²) in [4.78, 5) is 36.7. The quantitative estimate of drug-likeness (QED) is 0.132. The van der Waals surface area contributed by atoms with Gasteiger partial charge in [0.15, 0.2) is 11.5 Å². The number of benzene rings is 2. The monoisotopic (exact) mass is 626 g/mol. The third kappa shape index (κ3) is 11.7. The Hall–Kier alpha value is -3.75. The van der Waals surface area contributed by atoms with Crippen LogP contribution < -0.4 is 15.8 Å². The van der Waals surface area contributed by atoms with Gasteiger partial charge in [0.25, 0.3) is 5.91 Å². The van der Waals surface area contributed by atoms with Crippen molar-refractivity contribution in [2.45, 2.75) is 44.3 Å². The van der Waals surface area contributed by atoms with Gasteiger partial charge in [0.05, 0.1) is 38.3 Å². The number of hydrogen-bond acceptors (Lipinski definition) is 11. The maximum absolute atomic E-state index is 13.0. The van der Waals surface area contributed by atoms with Gasteiger partial charge in [0.1, 0.15) is 5.60 Å². The van der Waals surface area contributed by atoms with E-state index in [4.69, 9.17) is 25.1 Å². The normalized spacial score (nSPS) is 11.3. The van der Waals surface area contributed by atoms with Crippen molar-refractivity contribution in [3.63, 3.8) is 0 Å². The number of carbonyl (C=O) groups excluding carboxylic acids is 2.